The topological polar surface area (TPSA) is 68.2 Å². The molecule has 0 saturated carbocycles. The van der Waals surface area contributed by atoms with Gasteiger partial charge in [-0.2, -0.15) is 0 Å². The van der Waals surface area contributed by atoms with E-state index in [9.17, 15) is 13.2 Å². The Morgan fingerprint density at radius 3 is 2.58 bits per heavy atom. The Morgan fingerprint density at radius 1 is 1.04 bits per heavy atom. The highest BCUT2D eigenvalue weighted by atomic mass is 32.2. The molecule has 0 fully saturated rings. The number of para-hydroxylation sites is 1. The number of hydrogen-bond acceptors (Lipinski definition) is 3. The molecule has 5 nitrogen and oxygen atoms in total. The summed E-state index contributed by atoms with van der Waals surface area (Å²) in [5, 5.41) is 4.02. The van der Waals surface area contributed by atoms with Crippen molar-refractivity contribution < 1.29 is 13.2 Å². The zero-order valence-corrected chi connectivity index (χ0v) is 15.5. The minimum atomic E-state index is -3.43. The molecule has 1 heterocycles. The van der Waals surface area contributed by atoms with Gasteiger partial charge in [-0.05, 0) is 36.1 Å². The Bertz CT molecular complexity index is 1020. The highest BCUT2D eigenvalue weighted by molar-refractivity contribution is 7.91. The van der Waals surface area contributed by atoms with Crippen LogP contribution in [0.5, 0.6) is 0 Å². The van der Waals surface area contributed by atoms with Crippen LogP contribution >= 0.6 is 0 Å². The molecule has 136 valence electrons. The number of carbonyl (C=O) groups is 1. The van der Waals surface area contributed by atoms with E-state index in [0.29, 0.717) is 6.54 Å². The molecule has 1 amide bonds. The van der Waals surface area contributed by atoms with E-state index in [4.69, 9.17) is 0 Å². The molecule has 1 aromatic heterocycles. The lowest BCUT2D eigenvalue weighted by molar-refractivity contribution is 0.0949. The van der Waals surface area contributed by atoms with Gasteiger partial charge in [0.1, 0.15) is 0 Å². The van der Waals surface area contributed by atoms with E-state index in [2.05, 4.69) is 28.1 Å². The van der Waals surface area contributed by atoms with Gasteiger partial charge in [0.15, 0.2) is 9.84 Å². The quantitative estimate of drug-likeness (QED) is 0.649. The van der Waals surface area contributed by atoms with E-state index in [0.717, 1.165) is 13.0 Å². The van der Waals surface area contributed by atoms with Gasteiger partial charge in [-0.25, -0.2) is 8.42 Å². The van der Waals surface area contributed by atoms with Crippen molar-refractivity contribution in [2.45, 2.75) is 24.8 Å². The average Bonchev–Trinajstić information content (AvgIpc) is 3.08. The molecule has 0 radical (unpaired) electrons. The summed E-state index contributed by atoms with van der Waals surface area (Å²) in [6.07, 6.45) is 2.79. The summed E-state index contributed by atoms with van der Waals surface area (Å²) in [5.74, 6) is -0.382. The van der Waals surface area contributed by atoms with Crippen LogP contribution < -0.4 is 5.32 Å². The number of nitrogens with one attached hydrogen (secondary N) is 1. The summed E-state index contributed by atoms with van der Waals surface area (Å²) in [6.45, 7) is 2.83. The third-order valence-corrected chi connectivity index (χ3v) is 6.17. The first kappa shape index (κ1) is 18.2. The molecule has 26 heavy (non-hydrogen) atoms. The number of benzene rings is 2. The van der Waals surface area contributed by atoms with Crippen LogP contribution in [-0.2, 0) is 16.4 Å². The van der Waals surface area contributed by atoms with Gasteiger partial charge in [-0.3, -0.25) is 4.79 Å². The SMILES string of the molecule is CCS(=O)(=O)c1ccccc1C(=O)NCCCn1ccc2ccccc21. The van der Waals surface area contributed by atoms with Gasteiger partial charge < -0.3 is 9.88 Å². The van der Waals surface area contributed by atoms with Gasteiger partial charge in [0.05, 0.1) is 16.2 Å². The summed E-state index contributed by atoms with van der Waals surface area (Å²) in [7, 11) is -3.43. The fraction of sp³-hybridized carbons (Fsp3) is 0.250. The fourth-order valence-electron chi connectivity index (χ4n) is 2.96. The van der Waals surface area contributed by atoms with E-state index in [1.54, 1.807) is 25.1 Å². The Kier molecular flexibility index (Phi) is 5.42. The molecule has 3 rings (SSSR count). The summed E-state index contributed by atoms with van der Waals surface area (Å²) in [4.78, 5) is 12.5. The maximum absolute atomic E-state index is 12.4. The Balaban J connectivity index is 1.62. The molecule has 6 heteroatoms. The molecule has 0 spiro atoms. The zero-order valence-electron chi connectivity index (χ0n) is 14.7. The molecule has 0 unspecified atom stereocenters. The number of aryl methyl sites for hydroxylation is 1. The van der Waals surface area contributed by atoms with Crippen LogP contribution in [0.4, 0.5) is 0 Å². The molecule has 2 aromatic carbocycles. The maximum atomic E-state index is 12.4. The molecule has 1 N–H and O–H groups in total. The van der Waals surface area contributed by atoms with Crippen molar-refractivity contribution in [2.75, 3.05) is 12.3 Å². The number of fused-ring (bicyclic) bond motifs is 1. The van der Waals surface area contributed by atoms with Crippen LogP contribution in [0.25, 0.3) is 10.9 Å². The largest absolute Gasteiger partial charge is 0.352 e. The predicted molar refractivity (Wildman–Crippen MR) is 103 cm³/mol. The molecule has 0 aliphatic carbocycles. The van der Waals surface area contributed by atoms with Crippen molar-refractivity contribution in [2.24, 2.45) is 0 Å². The van der Waals surface area contributed by atoms with Crippen molar-refractivity contribution in [1.29, 1.82) is 0 Å². The zero-order chi connectivity index (χ0) is 18.6. The van der Waals surface area contributed by atoms with E-state index in [-0.39, 0.29) is 22.1 Å². The number of carbonyl (C=O) groups excluding carboxylic acids is 1. The number of rotatable bonds is 7. The highest BCUT2D eigenvalue weighted by Crippen LogP contribution is 2.17. The van der Waals surface area contributed by atoms with Gasteiger partial charge in [0.2, 0.25) is 0 Å². The molecule has 0 saturated heterocycles. The van der Waals surface area contributed by atoms with Crippen molar-refractivity contribution >= 4 is 26.6 Å². The summed E-state index contributed by atoms with van der Waals surface area (Å²) in [5.41, 5.74) is 1.37. The van der Waals surface area contributed by atoms with Crippen LogP contribution in [0.1, 0.15) is 23.7 Å². The van der Waals surface area contributed by atoms with Crippen molar-refractivity contribution in [3.63, 3.8) is 0 Å². The van der Waals surface area contributed by atoms with Crippen molar-refractivity contribution in [3.8, 4) is 0 Å². The lowest BCUT2D eigenvalue weighted by Crippen LogP contribution is -2.27. The van der Waals surface area contributed by atoms with Crippen LogP contribution in [-0.4, -0.2) is 31.2 Å². The third-order valence-electron chi connectivity index (χ3n) is 4.39. The van der Waals surface area contributed by atoms with Crippen LogP contribution in [0.2, 0.25) is 0 Å². The minimum Gasteiger partial charge on any atom is -0.352 e. The Labute approximate surface area is 153 Å². The average molecular weight is 370 g/mol. The first-order chi connectivity index (χ1) is 12.5. The van der Waals surface area contributed by atoms with Crippen LogP contribution in [0.15, 0.2) is 65.7 Å². The Hall–Kier alpha value is -2.60. The second kappa shape index (κ2) is 7.74. The van der Waals surface area contributed by atoms with Crippen LogP contribution in [0.3, 0.4) is 0 Å². The second-order valence-corrected chi connectivity index (χ2v) is 8.32. The summed E-state index contributed by atoms with van der Waals surface area (Å²) in [6, 6.07) is 16.6. The van der Waals surface area contributed by atoms with Gasteiger partial charge in [-0.1, -0.05) is 37.3 Å². The standard InChI is InChI=1S/C20H22N2O3S/c1-2-26(24,25)19-11-6-4-9-17(19)20(23)21-13-7-14-22-15-12-16-8-3-5-10-18(16)22/h3-6,8-12,15H,2,7,13-14H2,1H3,(H,21,23). The fourth-order valence-corrected chi connectivity index (χ4v) is 4.06. The van der Waals surface area contributed by atoms with Gasteiger partial charge in [-0.15, -0.1) is 0 Å². The number of aromatic nitrogens is 1. The van der Waals surface area contributed by atoms with E-state index >= 15 is 0 Å². The molecule has 3 aromatic rings. The molecular weight excluding hydrogens is 348 g/mol. The van der Waals surface area contributed by atoms with Gasteiger partial charge in [0.25, 0.3) is 5.91 Å². The monoisotopic (exact) mass is 370 g/mol. The number of hydrogen-bond donors (Lipinski definition) is 1. The normalized spacial score (nSPS) is 11.6. The second-order valence-electron chi connectivity index (χ2n) is 6.08. The number of amides is 1. The molecule has 0 aliphatic rings. The lowest BCUT2D eigenvalue weighted by Gasteiger charge is -2.10. The minimum absolute atomic E-state index is 0.0298. The van der Waals surface area contributed by atoms with E-state index in [1.165, 1.54) is 17.0 Å². The smallest absolute Gasteiger partial charge is 0.252 e. The molecular formula is C20H22N2O3S. The number of sulfone groups is 1. The van der Waals surface area contributed by atoms with Crippen molar-refractivity contribution in [3.05, 3.63) is 66.4 Å². The lowest BCUT2D eigenvalue weighted by atomic mass is 10.2. The Morgan fingerprint density at radius 2 is 1.77 bits per heavy atom. The summed E-state index contributed by atoms with van der Waals surface area (Å²) >= 11 is 0. The highest BCUT2D eigenvalue weighted by Gasteiger charge is 2.20. The van der Waals surface area contributed by atoms with Crippen molar-refractivity contribution in [1.82, 2.24) is 9.88 Å². The predicted octanol–water partition coefficient (Wildman–Crippen LogP) is 3.26. The third kappa shape index (κ3) is 3.80. The van der Waals surface area contributed by atoms with E-state index in [1.807, 2.05) is 18.3 Å². The first-order valence-corrected chi connectivity index (χ1v) is 10.3. The molecule has 0 bridgehead atoms. The van der Waals surface area contributed by atoms with E-state index < -0.39 is 9.84 Å². The van der Waals surface area contributed by atoms with Gasteiger partial charge in [0, 0.05) is 24.8 Å². The summed E-state index contributed by atoms with van der Waals surface area (Å²) < 4.78 is 26.5. The first-order valence-electron chi connectivity index (χ1n) is 8.67. The molecule has 0 atom stereocenters. The van der Waals surface area contributed by atoms with Crippen LogP contribution in [0, 0.1) is 0 Å². The maximum Gasteiger partial charge on any atom is 0.252 e. The van der Waals surface area contributed by atoms with Gasteiger partial charge >= 0.3 is 0 Å². The number of nitrogens with zero attached hydrogens (tertiary/aromatic N) is 1. The molecule has 0 aliphatic heterocycles.